The van der Waals surface area contributed by atoms with Crippen LogP contribution in [0.5, 0.6) is 5.75 Å². The van der Waals surface area contributed by atoms with Crippen LogP contribution in [0, 0.1) is 0 Å². The lowest BCUT2D eigenvalue weighted by Crippen LogP contribution is -2.46. The molecule has 0 saturated carbocycles. The molecule has 3 aromatic rings. The molecule has 142 valence electrons. The highest BCUT2D eigenvalue weighted by Crippen LogP contribution is 2.28. The number of aliphatic hydroxyl groups is 1. The van der Waals surface area contributed by atoms with Crippen LogP contribution in [-0.2, 0) is 6.54 Å². The van der Waals surface area contributed by atoms with Crippen molar-refractivity contribution in [3.63, 3.8) is 0 Å². The fourth-order valence-electron chi connectivity index (χ4n) is 3.40. The second kappa shape index (κ2) is 7.06. The van der Waals surface area contributed by atoms with Gasteiger partial charge in [0.25, 0.3) is 5.56 Å². The molecule has 0 radical (unpaired) electrons. The van der Waals surface area contributed by atoms with Crippen molar-refractivity contribution in [1.29, 1.82) is 0 Å². The number of hydrogen-bond donors (Lipinski definition) is 2. The molecular weight excluding hydrogens is 414 g/mol. The summed E-state index contributed by atoms with van der Waals surface area (Å²) in [5, 5.41) is 18.7. The van der Waals surface area contributed by atoms with Gasteiger partial charge >= 0.3 is 0 Å². The standard InChI is InChI=1S/C18H20BrN5O3/c1-27-15-8-12(2-3-14(15)19)24-16-13(9-22-24)17(25)23(11-21-16)10-18(26)4-6-20-7-5-18/h2-3,8-9,11,20,26H,4-7,10H2,1H3. The van der Waals surface area contributed by atoms with Gasteiger partial charge in [-0.15, -0.1) is 0 Å². The van der Waals surface area contributed by atoms with Gasteiger partial charge in [-0.2, -0.15) is 5.10 Å². The van der Waals surface area contributed by atoms with Crippen LogP contribution in [0.4, 0.5) is 0 Å². The van der Waals surface area contributed by atoms with E-state index in [9.17, 15) is 9.90 Å². The Morgan fingerprint density at radius 1 is 1.37 bits per heavy atom. The number of fused-ring (bicyclic) bond motifs is 1. The number of nitrogens with zero attached hydrogens (tertiary/aromatic N) is 4. The van der Waals surface area contributed by atoms with Crippen molar-refractivity contribution in [2.24, 2.45) is 0 Å². The number of piperidine rings is 1. The zero-order valence-corrected chi connectivity index (χ0v) is 16.4. The van der Waals surface area contributed by atoms with E-state index in [4.69, 9.17) is 4.74 Å². The van der Waals surface area contributed by atoms with E-state index >= 15 is 0 Å². The highest BCUT2D eigenvalue weighted by atomic mass is 79.9. The second-order valence-corrected chi connectivity index (χ2v) is 7.62. The van der Waals surface area contributed by atoms with Crippen LogP contribution >= 0.6 is 15.9 Å². The highest BCUT2D eigenvalue weighted by molar-refractivity contribution is 9.10. The van der Waals surface area contributed by atoms with E-state index in [1.165, 1.54) is 17.1 Å². The van der Waals surface area contributed by atoms with Gasteiger partial charge in [-0.05, 0) is 54.0 Å². The molecule has 0 amide bonds. The van der Waals surface area contributed by atoms with Crippen molar-refractivity contribution in [3.8, 4) is 11.4 Å². The van der Waals surface area contributed by atoms with E-state index in [-0.39, 0.29) is 12.1 Å². The predicted octanol–water partition coefficient (Wildman–Crippen LogP) is 1.47. The third-order valence-corrected chi connectivity index (χ3v) is 5.59. The molecule has 0 aliphatic carbocycles. The van der Waals surface area contributed by atoms with Gasteiger partial charge in [-0.3, -0.25) is 9.36 Å². The first-order valence-corrected chi connectivity index (χ1v) is 9.50. The van der Waals surface area contributed by atoms with E-state index in [0.29, 0.717) is 29.6 Å². The summed E-state index contributed by atoms with van der Waals surface area (Å²) >= 11 is 3.43. The first-order chi connectivity index (χ1) is 13.0. The molecular formula is C18H20BrN5O3. The maximum absolute atomic E-state index is 12.9. The molecule has 2 aromatic heterocycles. The fraction of sp³-hybridized carbons (Fsp3) is 0.389. The summed E-state index contributed by atoms with van der Waals surface area (Å²) in [5.74, 6) is 0.664. The Morgan fingerprint density at radius 3 is 2.89 bits per heavy atom. The number of nitrogens with one attached hydrogen (secondary N) is 1. The summed E-state index contributed by atoms with van der Waals surface area (Å²) in [7, 11) is 1.59. The van der Waals surface area contributed by atoms with Crippen molar-refractivity contribution in [1.82, 2.24) is 24.6 Å². The maximum Gasteiger partial charge on any atom is 0.264 e. The van der Waals surface area contributed by atoms with Crippen LogP contribution in [0.1, 0.15) is 12.8 Å². The zero-order chi connectivity index (χ0) is 19.0. The fourth-order valence-corrected chi connectivity index (χ4v) is 3.81. The number of halogens is 1. The zero-order valence-electron chi connectivity index (χ0n) is 14.9. The smallest absolute Gasteiger partial charge is 0.264 e. The first kappa shape index (κ1) is 18.1. The molecule has 1 fully saturated rings. The molecule has 1 aromatic carbocycles. The van der Waals surface area contributed by atoms with E-state index in [0.717, 1.165) is 23.2 Å². The minimum atomic E-state index is -0.889. The molecule has 8 nitrogen and oxygen atoms in total. The average molecular weight is 434 g/mol. The minimum Gasteiger partial charge on any atom is -0.495 e. The van der Waals surface area contributed by atoms with Gasteiger partial charge < -0.3 is 15.2 Å². The Kier molecular flexibility index (Phi) is 4.75. The molecule has 1 aliphatic rings. The molecule has 0 unspecified atom stereocenters. The lowest BCUT2D eigenvalue weighted by molar-refractivity contribution is -0.00627. The Labute approximate surface area is 163 Å². The van der Waals surface area contributed by atoms with Gasteiger partial charge in [-0.25, -0.2) is 9.67 Å². The van der Waals surface area contributed by atoms with Crippen molar-refractivity contribution < 1.29 is 9.84 Å². The van der Waals surface area contributed by atoms with Gasteiger partial charge in [0, 0.05) is 6.07 Å². The number of hydrogen-bond acceptors (Lipinski definition) is 6. The predicted molar refractivity (Wildman–Crippen MR) is 104 cm³/mol. The molecule has 4 rings (SSSR count). The summed E-state index contributed by atoms with van der Waals surface area (Å²) in [6.07, 6.45) is 4.21. The lowest BCUT2D eigenvalue weighted by Gasteiger charge is -2.32. The Balaban J connectivity index is 1.73. The van der Waals surface area contributed by atoms with Crippen molar-refractivity contribution in [2.75, 3.05) is 20.2 Å². The number of rotatable bonds is 4. The molecule has 1 saturated heterocycles. The van der Waals surface area contributed by atoms with Gasteiger partial charge in [0.1, 0.15) is 17.5 Å². The number of ether oxygens (including phenoxy) is 1. The van der Waals surface area contributed by atoms with Crippen LogP contribution in [0.15, 0.2) is 40.0 Å². The van der Waals surface area contributed by atoms with E-state index in [1.54, 1.807) is 11.8 Å². The number of methoxy groups -OCH3 is 1. The lowest BCUT2D eigenvalue weighted by atomic mass is 9.92. The molecule has 0 atom stereocenters. The second-order valence-electron chi connectivity index (χ2n) is 6.76. The highest BCUT2D eigenvalue weighted by Gasteiger charge is 2.30. The van der Waals surface area contributed by atoms with Crippen LogP contribution < -0.4 is 15.6 Å². The van der Waals surface area contributed by atoms with E-state index < -0.39 is 5.60 Å². The first-order valence-electron chi connectivity index (χ1n) is 8.71. The molecule has 27 heavy (non-hydrogen) atoms. The number of benzene rings is 1. The Morgan fingerprint density at radius 2 is 2.15 bits per heavy atom. The SMILES string of the molecule is COc1cc(-n2ncc3c(=O)n(CC4(O)CCNCC4)cnc32)ccc1Br. The van der Waals surface area contributed by atoms with E-state index in [1.807, 2.05) is 18.2 Å². The van der Waals surface area contributed by atoms with Crippen LogP contribution in [0.25, 0.3) is 16.7 Å². The Bertz CT molecular complexity index is 1040. The summed E-state index contributed by atoms with van der Waals surface area (Å²) in [6, 6.07) is 5.54. The van der Waals surface area contributed by atoms with Gasteiger partial charge in [0.05, 0.1) is 35.6 Å². The molecule has 1 aliphatic heterocycles. The van der Waals surface area contributed by atoms with Crippen LogP contribution in [-0.4, -0.2) is 50.2 Å². The summed E-state index contributed by atoms with van der Waals surface area (Å²) in [6.45, 7) is 1.71. The maximum atomic E-state index is 12.9. The monoisotopic (exact) mass is 433 g/mol. The molecule has 2 N–H and O–H groups in total. The van der Waals surface area contributed by atoms with Gasteiger partial charge in [0.2, 0.25) is 0 Å². The average Bonchev–Trinajstić information content (AvgIpc) is 3.10. The van der Waals surface area contributed by atoms with E-state index in [2.05, 4.69) is 31.3 Å². The topological polar surface area (TPSA) is 94.2 Å². The summed E-state index contributed by atoms with van der Waals surface area (Å²) in [4.78, 5) is 17.3. The molecule has 0 bridgehead atoms. The summed E-state index contributed by atoms with van der Waals surface area (Å²) in [5.41, 5.74) is 0.117. The third kappa shape index (κ3) is 3.38. The Hall–Kier alpha value is -2.23. The molecule has 0 spiro atoms. The van der Waals surface area contributed by atoms with Gasteiger partial charge in [0.15, 0.2) is 5.65 Å². The minimum absolute atomic E-state index is 0.206. The quantitative estimate of drug-likeness (QED) is 0.646. The molecule has 9 heteroatoms. The van der Waals surface area contributed by atoms with Crippen molar-refractivity contribution in [3.05, 3.63) is 45.5 Å². The van der Waals surface area contributed by atoms with Crippen LogP contribution in [0.2, 0.25) is 0 Å². The van der Waals surface area contributed by atoms with Crippen LogP contribution in [0.3, 0.4) is 0 Å². The third-order valence-electron chi connectivity index (χ3n) is 4.93. The number of aromatic nitrogens is 4. The normalized spacial score (nSPS) is 16.6. The largest absolute Gasteiger partial charge is 0.495 e. The van der Waals surface area contributed by atoms with Gasteiger partial charge in [-0.1, -0.05) is 0 Å². The van der Waals surface area contributed by atoms with Crippen molar-refractivity contribution >= 4 is 27.0 Å². The molecule has 3 heterocycles. The summed E-state index contributed by atoms with van der Waals surface area (Å²) < 4.78 is 9.24. The van der Waals surface area contributed by atoms with Crippen molar-refractivity contribution in [2.45, 2.75) is 25.0 Å².